The van der Waals surface area contributed by atoms with Crippen molar-refractivity contribution in [3.8, 4) is 5.75 Å². The molecular formula is C12H12BrF3N2O2. The molecule has 1 aromatic carbocycles. The van der Waals surface area contributed by atoms with E-state index in [1.807, 2.05) is 0 Å². The number of hydrogen-bond donors (Lipinski definition) is 1. The maximum atomic E-state index is 12.4. The summed E-state index contributed by atoms with van der Waals surface area (Å²) in [7, 11) is 1.64. The molecule has 1 fully saturated rings. The first-order chi connectivity index (χ1) is 9.31. The summed E-state index contributed by atoms with van der Waals surface area (Å²) in [6.07, 6.45) is -4.27. The lowest BCUT2D eigenvalue weighted by molar-refractivity contribution is -0.274. The molecule has 0 bridgehead atoms. The van der Waals surface area contributed by atoms with Crippen molar-refractivity contribution in [3.05, 3.63) is 22.7 Å². The number of rotatable bonds is 3. The molecule has 0 aliphatic carbocycles. The Morgan fingerprint density at radius 2 is 2.15 bits per heavy atom. The van der Waals surface area contributed by atoms with Gasteiger partial charge >= 0.3 is 6.36 Å². The average Bonchev–Trinajstić information content (AvgIpc) is 2.69. The van der Waals surface area contributed by atoms with Crippen molar-refractivity contribution in [3.63, 3.8) is 0 Å². The number of halogens is 4. The molecule has 1 atom stereocenters. The third kappa shape index (κ3) is 3.24. The summed E-state index contributed by atoms with van der Waals surface area (Å²) in [5.74, 6) is -0.654. The van der Waals surface area contributed by atoms with Gasteiger partial charge < -0.3 is 15.0 Å². The molecule has 110 valence electrons. The van der Waals surface area contributed by atoms with Crippen molar-refractivity contribution >= 4 is 27.5 Å². The molecule has 2 rings (SSSR count). The number of carbonyl (C=O) groups is 1. The van der Waals surface area contributed by atoms with Crippen LogP contribution in [0.1, 0.15) is 6.42 Å². The Balaban J connectivity index is 2.34. The third-order valence-corrected chi connectivity index (χ3v) is 3.49. The number of alkyl halides is 3. The zero-order valence-electron chi connectivity index (χ0n) is 10.5. The Kier molecular flexibility index (Phi) is 4.24. The van der Waals surface area contributed by atoms with Crippen molar-refractivity contribution in [1.82, 2.24) is 5.32 Å². The zero-order valence-corrected chi connectivity index (χ0v) is 12.1. The standard InChI is InChI=1S/C12H12BrF3N2O2/c1-17-8-4-5-18(11(8)19)9-3-2-7(13)6-10(9)20-12(14,15)16/h2-3,6,8,17H,4-5H2,1H3. The fourth-order valence-electron chi connectivity index (χ4n) is 2.10. The predicted molar refractivity (Wildman–Crippen MR) is 70.6 cm³/mol. The number of ether oxygens (including phenoxy) is 1. The van der Waals surface area contributed by atoms with Crippen LogP contribution < -0.4 is 15.0 Å². The molecule has 8 heteroatoms. The van der Waals surface area contributed by atoms with Crippen LogP contribution in [0.25, 0.3) is 0 Å². The second kappa shape index (κ2) is 5.61. The van der Waals surface area contributed by atoms with Crippen LogP contribution in [0, 0.1) is 0 Å². The van der Waals surface area contributed by atoms with E-state index >= 15 is 0 Å². The van der Waals surface area contributed by atoms with Gasteiger partial charge in [-0.05, 0) is 31.7 Å². The number of anilines is 1. The average molecular weight is 353 g/mol. The van der Waals surface area contributed by atoms with Gasteiger partial charge in [-0.15, -0.1) is 13.2 Å². The third-order valence-electron chi connectivity index (χ3n) is 2.99. The lowest BCUT2D eigenvalue weighted by Gasteiger charge is -2.21. The Morgan fingerprint density at radius 1 is 1.45 bits per heavy atom. The fourth-order valence-corrected chi connectivity index (χ4v) is 2.44. The van der Waals surface area contributed by atoms with Crippen LogP contribution in [0.4, 0.5) is 18.9 Å². The minimum absolute atomic E-state index is 0.119. The molecule has 1 aromatic rings. The smallest absolute Gasteiger partial charge is 0.404 e. The lowest BCUT2D eigenvalue weighted by atomic mass is 10.2. The molecule has 1 unspecified atom stereocenters. The highest BCUT2D eigenvalue weighted by Crippen LogP contribution is 2.37. The van der Waals surface area contributed by atoms with E-state index in [0.29, 0.717) is 17.4 Å². The molecular weight excluding hydrogens is 341 g/mol. The molecule has 1 aliphatic rings. The summed E-state index contributed by atoms with van der Waals surface area (Å²) < 4.78 is 41.7. The summed E-state index contributed by atoms with van der Waals surface area (Å²) in [4.78, 5) is 13.4. The van der Waals surface area contributed by atoms with Crippen LogP contribution in [-0.4, -0.2) is 31.9 Å². The Labute approximate surface area is 122 Å². The van der Waals surface area contributed by atoms with E-state index in [1.165, 1.54) is 17.0 Å². The number of hydrogen-bond acceptors (Lipinski definition) is 3. The largest absolute Gasteiger partial charge is 0.573 e. The monoisotopic (exact) mass is 352 g/mol. The molecule has 0 radical (unpaired) electrons. The van der Waals surface area contributed by atoms with Gasteiger partial charge in [0.2, 0.25) is 5.91 Å². The Morgan fingerprint density at radius 3 is 2.70 bits per heavy atom. The number of likely N-dealkylation sites (N-methyl/N-ethyl adjacent to an activating group) is 1. The van der Waals surface area contributed by atoms with E-state index in [0.717, 1.165) is 0 Å². The molecule has 1 amide bonds. The number of carbonyl (C=O) groups excluding carboxylic acids is 1. The van der Waals surface area contributed by atoms with Gasteiger partial charge in [0.15, 0.2) is 5.75 Å². The van der Waals surface area contributed by atoms with Gasteiger partial charge in [0, 0.05) is 11.0 Å². The first kappa shape index (κ1) is 15.1. The molecule has 20 heavy (non-hydrogen) atoms. The first-order valence-corrected chi connectivity index (χ1v) is 6.65. The van der Waals surface area contributed by atoms with Crippen LogP contribution in [0.15, 0.2) is 22.7 Å². The van der Waals surface area contributed by atoms with Crippen molar-refractivity contribution in [1.29, 1.82) is 0 Å². The summed E-state index contributed by atoms with van der Waals surface area (Å²) >= 11 is 3.09. The normalized spacial score (nSPS) is 19.6. The second-order valence-corrected chi connectivity index (χ2v) is 5.20. The second-order valence-electron chi connectivity index (χ2n) is 4.28. The molecule has 0 aromatic heterocycles. The highest BCUT2D eigenvalue weighted by Gasteiger charge is 2.36. The minimum atomic E-state index is -4.80. The van der Waals surface area contributed by atoms with Gasteiger partial charge in [0.25, 0.3) is 0 Å². The topological polar surface area (TPSA) is 41.6 Å². The van der Waals surface area contributed by atoms with Gasteiger partial charge in [-0.1, -0.05) is 15.9 Å². The summed E-state index contributed by atoms with van der Waals surface area (Å²) in [5, 5.41) is 2.83. The lowest BCUT2D eigenvalue weighted by Crippen LogP contribution is -2.36. The highest BCUT2D eigenvalue weighted by molar-refractivity contribution is 9.10. The maximum absolute atomic E-state index is 12.4. The van der Waals surface area contributed by atoms with Gasteiger partial charge in [0.1, 0.15) is 0 Å². The van der Waals surface area contributed by atoms with Gasteiger partial charge in [0.05, 0.1) is 11.7 Å². The molecule has 4 nitrogen and oxygen atoms in total. The summed E-state index contributed by atoms with van der Waals surface area (Å²) in [6.45, 7) is 0.347. The van der Waals surface area contributed by atoms with Crippen LogP contribution in [0.2, 0.25) is 0 Å². The van der Waals surface area contributed by atoms with Crippen LogP contribution in [-0.2, 0) is 4.79 Å². The fraction of sp³-hybridized carbons (Fsp3) is 0.417. The van der Waals surface area contributed by atoms with E-state index in [2.05, 4.69) is 26.0 Å². The van der Waals surface area contributed by atoms with Crippen molar-refractivity contribution < 1.29 is 22.7 Å². The van der Waals surface area contributed by atoms with Crippen molar-refractivity contribution in [2.45, 2.75) is 18.8 Å². The van der Waals surface area contributed by atoms with Gasteiger partial charge in [-0.25, -0.2) is 0 Å². The van der Waals surface area contributed by atoms with Crippen molar-refractivity contribution in [2.75, 3.05) is 18.5 Å². The van der Waals surface area contributed by atoms with E-state index in [4.69, 9.17) is 0 Å². The summed E-state index contributed by atoms with van der Waals surface area (Å²) in [6, 6.07) is 3.82. The number of amides is 1. The quantitative estimate of drug-likeness (QED) is 0.909. The van der Waals surface area contributed by atoms with E-state index in [-0.39, 0.29) is 17.6 Å². The first-order valence-electron chi connectivity index (χ1n) is 5.86. The molecule has 0 spiro atoms. The minimum Gasteiger partial charge on any atom is -0.404 e. The molecule has 0 saturated carbocycles. The summed E-state index contributed by atoms with van der Waals surface area (Å²) in [5.41, 5.74) is 0.119. The SMILES string of the molecule is CNC1CCN(c2ccc(Br)cc2OC(F)(F)F)C1=O. The highest BCUT2D eigenvalue weighted by atomic mass is 79.9. The number of nitrogens with one attached hydrogen (secondary N) is 1. The van der Waals surface area contributed by atoms with E-state index in [9.17, 15) is 18.0 Å². The van der Waals surface area contributed by atoms with Crippen molar-refractivity contribution in [2.24, 2.45) is 0 Å². The maximum Gasteiger partial charge on any atom is 0.573 e. The molecule has 1 saturated heterocycles. The van der Waals surface area contributed by atoms with Gasteiger partial charge in [-0.3, -0.25) is 4.79 Å². The number of benzene rings is 1. The van der Waals surface area contributed by atoms with Crippen LogP contribution in [0.5, 0.6) is 5.75 Å². The zero-order chi connectivity index (χ0) is 14.9. The Hall–Kier alpha value is -1.28. The van der Waals surface area contributed by atoms with Crippen LogP contribution >= 0.6 is 15.9 Å². The molecule has 1 N–H and O–H groups in total. The number of nitrogens with zero attached hydrogens (tertiary/aromatic N) is 1. The molecule has 1 heterocycles. The molecule has 1 aliphatic heterocycles. The Bertz CT molecular complexity index is 522. The van der Waals surface area contributed by atoms with Gasteiger partial charge in [-0.2, -0.15) is 0 Å². The van der Waals surface area contributed by atoms with E-state index < -0.39 is 12.1 Å². The van der Waals surface area contributed by atoms with E-state index in [1.54, 1.807) is 13.1 Å². The predicted octanol–water partition coefficient (Wildman–Crippen LogP) is 2.67. The van der Waals surface area contributed by atoms with Crippen LogP contribution in [0.3, 0.4) is 0 Å².